The number of rotatable bonds is 3. The fourth-order valence-electron chi connectivity index (χ4n) is 3.65. The van der Waals surface area contributed by atoms with Crippen molar-refractivity contribution in [2.24, 2.45) is 0 Å². The molecule has 2 saturated heterocycles. The van der Waals surface area contributed by atoms with Crippen molar-refractivity contribution in [3.05, 3.63) is 18.0 Å². The van der Waals surface area contributed by atoms with Crippen LogP contribution in [0, 0.1) is 0 Å². The molecule has 3 rings (SSSR count). The van der Waals surface area contributed by atoms with Crippen LogP contribution < -0.4 is 5.32 Å². The highest BCUT2D eigenvalue weighted by molar-refractivity contribution is 5.92. The minimum absolute atomic E-state index is 0.114. The number of likely N-dealkylation sites (tertiary alicyclic amines) is 1. The Hall–Kier alpha value is -1.36. The summed E-state index contributed by atoms with van der Waals surface area (Å²) in [6.45, 7) is 4.97. The van der Waals surface area contributed by atoms with E-state index in [2.05, 4.69) is 22.2 Å². The van der Waals surface area contributed by atoms with E-state index in [9.17, 15) is 4.79 Å². The third kappa shape index (κ3) is 3.12. The second kappa shape index (κ2) is 6.60. The molecule has 0 aliphatic carbocycles. The number of aromatic nitrogens is 2. The number of carbonyl (C=O) groups excluding carboxylic acids is 1. The molecule has 0 saturated carbocycles. The summed E-state index contributed by atoms with van der Waals surface area (Å²) in [5.74, 6) is 0.114. The first kappa shape index (κ1) is 14.6. The molecule has 0 radical (unpaired) electrons. The molecule has 5 heteroatoms. The van der Waals surface area contributed by atoms with Gasteiger partial charge in [0.25, 0.3) is 5.91 Å². The molecule has 1 amide bonds. The molecule has 21 heavy (non-hydrogen) atoms. The molecule has 2 aliphatic rings. The second-order valence-electron chi connectivity index (χ2n) is 6.23. The lowest BCUT2D eigenvalue weighted by molar-refractivity contribution is 0.0539. The number of nitrogens with zero attached hydrogens (tertiary/aromatic N) is 3. The number of hydrogen-bond donors (Lipinski definition) is 1. The lowest BCUT2D eigenvalue weighted by atomic mass is 9.93. The summed E-state index contributed by atoms with van der Waals surface area (Å²) in [7, 11) is 0. The number of carbonyl (C=O) groups is 1. The number of hydrogen-bond acceptors (Lipinski definition) is 3. The Bertz CT molecular complexity index is 484. The molecule has 0 spiro atoms. The van der Waals surface area contributed by atoms with Crippen molar-refractivity contribution in [2.45, 2.75) is 64.1 Å². The van der Waals surface area contributed by atoms with Crippen molar-refractivity contribution in [3.63, 3.8) is 0 Å². The van der Waals surface area contributed by atoms with E-state index in [1.807, 2.05) is 16.9 Å². The maximum Gasteiger partial charge on any atom is 0.274 e. The molecule has 1 aromatic heterocycles. The minimum atomic E-state index is 0.114. The van der Waals surface area contributed by atoms with Crippen molar-refractivity contribution in [1.29, 1.82) is 0 Å². The molecule has 116 valence electrons. The maximum absolute atomic E-state index is 12.8. The Balaban J connectivity index is 1.75. The van der Waals surface area contributed by atoms with Crippen molar-refractivity contribution in [3.8, 4) is 0 Å². The number of amides is 1. The molecule has 3 heterocycles. The third-order valence-corrected chi connectivity index (χ3v) is 4.69. The summed E-state index contributed by atoms with van der Waals surface area (Å²) in [6, 6.07) is 2.69. The van der Waals surface area contributed by atoms with Gasteiger partial charge in [-0.3, -0.25) is 9.48 Å². The zero-order valence-electron chi connectivity index (χ0n) is 12.9. The first-order valence-corrected chi connectivity index (χ1v) is 8.37. The van der Waals surface area contributed by atoms with Gasteiger partial charge in [-0.15, -0.1) is 0 Å². The Kier molecular flexibility index (Phi) is 4.58. The minimum Gasteiger partial charge on any atom is -0.333 e. The molecular weight excluding hydrogens is 264 g/mol. The van der Waals surface area contributed by atoms with Crippen LogP contribution >= 0.6 is 0 Å². The molecule has 2 fully saturated rings. The summed E-state index contributed by atoms with van der Waals surface area (Å²) in [5.41, 5.74) is 0.605. The van der Waals surface area contributed by atoms with Gasteiger partial charge in [0.1, 0.15) is 5.69 Å². The van der Waals surface area contributed by atoms with Gasteiger partial charge in [-0.1, -0.05) is 13.3 Å². The van der Waals surface area contributed by atoms with Crippen molar-refractivity contribution < 1.29 is 4.79 Å². The topological polar surface area (TPSA) is 50.2 Å². The van der Waals surface area contributed by atoms with Gasteiger partial charge in [-0.05, 0) is 44.7 Å². The average molecular weight is 290 g/mol. The van der Waals surface area contributed by atoms with Crippen LogP contribution in [-0.2, 0) is 6.54 Å². The van der Waals surface area contributed by atoms with Crippen LogP contribution in [0.4, 0.5) is 0 Å². The fraction of sp³-hybridized carbons (Fsp3) is 0.750. The first-order valence-electron chi connectivity index (χ1n) is 8.37. The normalized spacial score (nSPS) is 26.2. The van der Waals surface area contributed by atoms with Gasteiger partial charge in [0.2, 0.25) is 0 Å². The zero-order valence-corrected chi connectivity index (χ0v) is 12.9. The molecular formula is C16H26N4O. The van der Waals surface area contributed by atoms with E-state index in [4.69, 9.17) is 0 Å². The summed E-state index contributed by atoms with van der Waals surface area (Å²) >= 11 is 0. The smallest absolute Gasteiger partial charge is 0.274 e. The van der Waals surface area contributed by atoms with E-state index >= 15 is 0 Å². The van der Waals surface area contributed by atoms with Crippen molar-refractivity contribution in [2.75, 3.05) is 13.1 Å². The highest BCUT2D eigenvalue weighted by Crippen LogP contribution is 2.25. The standard InChI is InChI=1S/C16H26N4O/c1-2-10-19-12-8-14(18-19)16(21)20-11-5-6-13-15(20)7-3-4-9-17-13/h8,12-13,15,17H,2-7,9-11H2,1H3/t13-,15+/m1/s1. The molecule has 0 bridgehead atoms. The van der Waals surface area contributed by atoms with E-state index in [1.54, 1.807) is 0 Å². The fourth-order valence-corrected chi connectivity index (χ4v) is 3.65. The highest BCUT2D eigenvalue weighted by Gasteiger charge is 2.35. The van der Waals surface area contributed by atoms with Crippen LogP contribution in [-0.4, -0.2) is 45.8 Å². The van der Waals surface area contributed by atoms with Crippen LogP contribution in [0.15, 0.2) is 12.3 Å². The highest BCUT2D eigenvalue weighted by atomic mass is 16.2. The van der Waals surface area contributed by atoms with E-state index in [-0.39, 0.29) is 5.91 Å². The predicted molar refractivity (Wildman–Crippen MR) is 82.2 cm³/mol. The molecule has 2 atom stereocenters. The van der Waals surface area contributed by atoms with E-state index < -0.39 is 0 Å². The number of piperidine rings is 1. The summed E-state index contributed by atoms with van der Waals surface area (Å²) in [5, 5.41) is 8.07. The second-order valence-corrected chi connectivity index (χ2v) is 6.23. The molecule has 5 nitrogen and oxygen atoms in total. The molecule has 1 N–H and O–H groups in total. The van der Waals surface area contributed by atoms with Crippen molar-refractivity contribution >= 4 is 5.91 Å². The molecule has 1 aromatic rings. The molecule has 0 unspecified atom stereocenters. The summed E-state index contributed by atoms with van der Waals surface area (Å²) in [4.78, 5) is 14.9. The van der Waals surface area contributed by atoms with Crippen molar-refractivity contribution in [1.82, 2.24) is 20.0 Å². The zero-order chi connectivity index (χ0) is 14.7. The Morgan fingerprint density at radius 3 is 3.14 bits per heavy atom. The average Bonchev–Trinajstić information content (AvgIpc) is 2.82. The van der Waals surface area contributed by atoms with Crippen LogP contribution in [0.25, 0.3) is 0 Å². The Morgan fingerprint density at radius 2 is 2.29 bits per heavy atom. The lowest BCUT2D eigenvalue weighted by Crippen LogP contribution is -2.55. The lowest BCUT2D eigenvalue weighted by Gasteiger charge is -2.40. The van der Waals surface area contributed by atoms with Crippen LogP contribution in [0.1, 0.15) is 55.9 Å². The number of nitrogens with one attached hydrogen (secondary N) is 1. The summed E-state index contributed by atoms with van der Waals surface area (Å²) < 4.78 is 1.88. The van der Waals surface area contributed by atoms with Gasteiger partial charge in [-0.2, -0.15) is 5.10 Å². The van der Waals surface area contributed by atoms with Gasteiger partial charge < -0.3 is 10.2 Å². The monoisotopic (exact) mass is 290 g/mol. The Morgan fingerprint density at radius 1 is 1.38 bits per heavy atom. The predicted octanol–water partition coefficient (Wildman–Crippen LogP) is 2.04. The third-order valence-electron chi connectivity index (χ3n) is 4.69. The van der Waals surface area contributed by atoms with Crippen LogP contribution in [0.5, 0.6) is 0 Å². The Labute approximate surface area is 126 Å². The van der Waals surface area contributed by atoms with Gasteiger partial charge in [-0.25, -0.2) is 0 Å². The SMILES string of the molecule is CCCn1ccc(C(=O)N2CCC[C@H]3NCCCC[C@@H]32)n1. The van der Waals surface area contributed by atoms with Gasteiger partial charge in [0, 0.05) is 31.4 Å². The molecule has 2 aliphatic heterocycles. The van der Waals surface area contributed by atoms with Gasteiger partial charge in [0.05, 0.1) is 0 Å². The largest absolute Gasteiger partial charge is 0.333 e. The van der Waals surface area contributed by atoms with Gasteiger partial charge in [0.15, 0.2) is 0 Å². The summed E-state index contributed by atoms with van der Waals surface area (Å²) in [6.07, 6.45) is 8.80. The quantitative estimate of drug-likeness (QED) is 0.927. The van der Waals surface area contributed by atoms with E-state index in [0.29, 0.717) is 17.8 Å². The number of aryl methyl sites for hydroxylation is 1. The van der Waals surface area contributed by atoms with Gasteiger partial charge >= 0.3 is 0 Å². The van der Waals surface area contributed by atoms with E-state index in [1.165, 1.54) is 19.3 Å². The van der Waals surface area contributed by atoms with Crippen LogP contribution in [0.2, 0.25) is 0 Å². The number of fused-ring (bicyclic) bond motifs is 1. The maximum atomic E-state index is 12.8. The molecule has 0 aromatic carbocycles. The first-order chi connectivity index (χ1) is 10.3. The van der Waals surface area contributed by atoms with Crippen LogP contribution in [0.3, 0.4) is 0 Å². The van der Waals surface area contributed by atoms with E-state index in [0.717, 1.165) is 38.9 Å².